The maximum atomic E-state index is 12.0. The van der Waals surface area contributed by atoms with Crippen molar-refractivity contribution in [1.29, 1.82) is 0 Å². The molecule has 8 nitrogen and oxygen atoms in total. The number of benzene rings is 1. The molecular weight excluding hydrogens is 336 g/mol. The fourth-order valence-corrected chi connectivity index (χ4v) is 2.69. The van der Waals surface area contributed by atoms with Crippen molar-refractivity contribution in [2.75, 3.05) is 37.0 Å². The second-order valence-electron chi connectivity index (χ2n) is 5.80. The van der Waals surface area contributed by atoms with Gasteiger partial charge in [0.25, 0.3) is 5.91 Å². The highest BCUT2D eigenvalue weighted by Gasteiger charge is 2.17. The van der Waals surface area contributed by atoms with Gasteiger partial charge in [0.15, 0.2) is 18.1 Å². The summed E-state index contributed by atoms with van der Waals surface area (Å²) in [6, 6.07) is 10.3. The van der Waals surface area contributed by atoms with E-state index >= 15 is 0 Å². The van der Waals surface area contributed by atoms with Gasteiger partial charge in [-0.05, 0) is 37.1 Å². The maximum absolute atomic E-state index is 12.0. The first-order valence-corrected chi connectivity index (χ1v) is 8.36. The number of esters is 1. The predicted molar refractivity (Wildman–Crippen MR) is 95.4 cm³/mol. The third-order valence-corrected chi connectivity index (χ3v) is 4.01. The van der Waals surface area contributed by atoms with Crippen LogP contribution >= 0.6 is 0 Å². The van der Waals surface area contributed by atoms with Gasteiger partial charge in [0.1, 0.15) is 5.75 Å². The van der Waals surface area contributed by atoms with Crippen molar-refractivity contribution in [3.05, 3.63) is 42.1 Å². The zero-order chi connectivity index (χ0) is 18.4. The average Bonchev–Trinajstić information content (AvgIpc) is 3.21. The van der Waals surface area contributed by atoms with Gasteiger partial charge in [-0.15, -0.1) is 10.2 Å². The van der Waals surface area contributed by atoms with Crippen LogP contribution in [0, 0.1) is 0 Å². The first-order valence-electron chi connectivity index (χ1n) is 8.36. The molecule has 1 aromatic heterocycles. The lowest BCUT2D eigenvalue weighted by atomic mass is 10.3. The minimum atomic E-state index is -0.694. The number of hydrogen-bond acceptors (Lipinski definition) is 7. The van der Waals surface area contributed by atoms with E-state index < -0.39 is 18.5 Å². The van der Waals surface area contributed by atoms with Crippen molar-refractivity contribution in [3.63, 3.8) is 0 Å². The van der Waals surface area contributed by atoms with Crippen LogP contribution in [0.25, 0.3) is 0 Å². The van der Waals surface area contributed by atoms with E-state index in [2.05, 4.69) is 20.4 Å². The Hall–Kier alpha value is -3.16. The van der Waals surface area contributed by atoms with E-state index in [-0.39, 0.29) is 5.69 Å². The molecule has 1 amide bonds. The van der Waals surface area contributed by atoms with E-state index in [0.717, 1.165) is 31.7 Å². The van der Waals surface area contributed by atoms with Crippen LogP contribution in [0.4, 0.5) is 11.5 Å². The van der Waals surface area contributed by atoms with Gasteiger partial charge in [-0.2, -0.15) is 0 Å². The molecule has 0 spiro atoms. The summed E-state index contributed by atoms with van der Waals surface area (Å²) in [7, 11) is 1.51. The van der Waals surface area contributed by atoms with Gasteiger partial charge < -0.3 is 19.7 Å². The number of carbonyl (C=O) groups excluding carboxylic acids is 2. The van der Waals surface area contributed by atoms with Crippen molar-refractivity contribution in [2.45, 2.75) is 12.8 Å². The summed E-state index contributed by atoms with van der Waals surface area (Å²) < 4.78 is 10.1. The van der Waals surface area contributed by atoms with Crippen LogP contribution in [-0.4, -0.2) is 48.9 Å². The number of hydrogen-bond donors (Lipinski definition) is 1. The number of nitrogens with one attached hydrogen (secondary N) is 1. The lowest BCUT2D eigenvalue weighted by Crippen LogP contribution is -2.22. The van der Waals surface area contributed by atoms with Crippen LogP contribution in [-0.2, 0) is 9.53 Å². The summed E-state index contributed by atoms with van der Waals surface area (Å²) in [6.07, 6.45) is 2.26. The standard InChI is InChI=1S/C18H20N4O4/c1-25-15-7-3-2-6-13(15)19-17(23)12-26-18(24)14-8-9-16(21-20-14)22-10-4-5-11-22/h2-3,6-9H,4-5,10-12H2,1H3,(H,19,23). The van der Waals surface area contributed by atoms with E-state index in [1.165, 1.54) is 7.11 Å². The first-order chi connectivity index (χ1) is 12.7. The van der Waals surface area contributed by atoms with Crippen LogP contribution in [0.1, 0.15) is 23.3 Å². The minimum Gasteiger partial charge on any atom is -0.495 e. The van der Waals surface area contributed by atoms with Crippen molar-refractivity contribution in [1.82, 2.24) is 10.2 Å². The third-order valence-electron chi connectivity index (χ3n) is 4.01. The summed E-state index contributed by atoms with van der Waals surface area (Å²) in [5.41, 5.74) is 0.573. The molecule has 136 valence electrons. The van der Waals surface area contributed by atoms with Crippen LogP contribution < -0.4 is 15.0 Å². The molecule has 8 heteroatoms. The Labute approximate surface area is 151 Å². The highest BCUT2D eigenvalue weighted by Crippen LogP contribution is 2.22. The molecule has 1 aliphatic rings. The summed E-state index contributed by atoms with van der Waals surface area (Å²) in [5.74, 6) is 0.105. The Morgan fingerprint density at radius 2 is 1.88 bits per heavy atom. The van der Waals surface area contributed by atoms with Gasteiger partial charge in [0, 0.05) is 13.1 Å². The highest BCUT2D eigenvalue weighted by molar-refractivity contribution is 5.95. The smallest absolute Gasteiger partial charge is 0.359 e. The number of para-hydroxylation sites is 2. The largest absolute Gasteiger partial charge is 0.495 e. The molecule has 0 atom stereocenters. The first kappa shape index (κ1) is 17.7. The maximum Gasteiger partial charge on any atom is 0.359 e. The number of ether oxygens (including phenoxy) is 2. The Bertz CT molecular complexity index is 773. The molecule has 26 heavy (non-hydrogen) atoms. The molecule has 3 rings (SSSR count). The summed E-state index contributed by atoms with van der Waals surface area (Å²) in [4.78, 5) is 26.1. The zero-order valence-corrected chi connectivity index (χ0v) is 14.5. The summed E-state index contributed by atoms with van der Waals surface area (Å²) >= 11 is 0. The molecule has 2 heterocycles. The molecule has 0 bridgehead atoms. The molecule has 1 saturated heterocycles. The minimum absolute atomic E-state index is 0.0676. The van der Waals surface area contributed by atoms with E-state index in [9.17, 15) is 9.59 Å². The lowest BCUT2D eigenvalue weighted by molar-refractivity contribution is -0.119. The molecule has 0 aliphatic carbocycles. The second-order valence-corrected chi connectivity index (χ2v) is 5.80. The zero-order valence-electron chi connectivity index (χ0n) is 14.5. The fourth-order valence-electron chi connectivity index (χ4n) is 2.69. The molecule has 1 N–H and O–H groups in total. The molecule has 2 aromatic rings. The monoisotopic (exact) mass is 356 g/mol. The van der Waals surface area contributed by atoms with Crippen LogP contribution in [0.2, 0.25) is 0 Å². The molecule has 1 aliphatic heterocycles. The SMILES string of the molecule is COc1ccccc1NC(=O)COC(=O)c1ccc(N2CCCC2)nn1. The number of methoxy groups -OCH3 is 1. The lowest BCUT2D eigenvalue weighted by Gasteiger charge is -2.15. The van der Waals surface area contributed by atoms with Gasteiger partial charge in [-0.3, -0.25) is 4.79 Å². The number of anilines is 2. The van der Waals surface area contributed by atoms with E-state index in [1.54, 1.807) is 36.4 Å². The van der Waals surface area contributed by atoms with Crippen LogP contribution in [0.5, 0.6) is 5.75 Å². The summed E-state index contributed by atoms with van der Waals surface area (Å²) in [5, 5.41) is 10.6. The topological polar surface area (TPSA) is 93.6 Å². The van der Waals surface area contributed by atoms with Crippen molar-refractivity contribution in [2.24, 2.45) is 0 Å². The van der Waals surface area contributed by atoms with E-state index in [1.807, 2.05) is 0 Å². The molecule has 1 aromatic carbocycles. The van der Waals surface area contributed by atoms with E-state index in [0.29, 0.717) is 11.4 Å². The van der Waals surface area contributed by atoms with Crippen LogP contribution in [0.15, 0.2) is 36.4 Å². The van der Waals surface area contributed by atoms with Gasteiger partial charge in [0.2, 0.25) is 0 Å². The fraction of sp³-hybridized carbons (Fsp3) is 0.333. The molecular formula is C18H20N4O4. The number of rotatable bonds is 6. The van der Waals surface area contributed by atoms with Crippen molar-refractivity contribution >= 4 is 23.4 Å². The Morgan fingerprint density at radius 1 is 1.12 bits per heavy atom. The molecule has 0 radical (unpaired) electrons. The number of nitrogens with zero attached hydrogens (tertiary/aromatic N) is 3. The number of carbonyl (C=O) groups is 2. The Kier molecular flexibility index (Phi) is 5.62. The predicted octanol–water partition coefficient (Wildman–Crippen LogP) is 1.88. The van der Waals surface area contributed by atoms with Crippen LogP contribution in [0.3, 0.4) is 0 Å². The second kappa shape index (κ2) is 8.28. The van der Waals surface area contributed by atoms with Crippen molar-refractivity contribution in [3.8, 4) is 5.75 Å². The summed E-state index contributed by atoms with van der Waals surface area (Å²) in [6.45, 7) is 1.47. The van der Waals surface area contributed by atoms with Gasteiger partial charge in [-0.1, -0.05) is 12.1 Å². The molecule has 0 unspecified atom stereocenters. The third kappa shape index (κ3) is 4.27. The molecule has 0 saturated carbocycles. The van der Waals surface area contributed by atoms with Gasteiger partial charge >= 0.3 is 5.97 Å². The number of amides is 1. The quantitative estimate of drug-likeness (QED) is 0.790. The highest BCUT2D eigenvalue weighted by atomic mass is 16.5. The van der Waals surface area contributed by atoms with Gasteiger partial charge in [-0.25, -0.2) is 4.79 Å². The van der Waals surface area contributed by atoms with E-state index in [4.69, 9.17) is 9.47 Å². The number of aromatic nitrogens is 2. The Morgan fingerprint density at radius 3 is 2.58 bits per heavy atom. The normalized spacial score (nSPS) is 13.3. The van der Waals surface area contributed by atoms with Crippen molar-refractivity contribution < 1.29 is 19.1 Å². The average molecular weight is 356 g/mol. The molecule has 1 fully saturated rings. The Balaban J connectivity index is 1.52. The van der Waals surface area contributed by atoms with Gasteiger partial charge in [0.05, 0.1) is 12.8 Å².